The third kappa shape index (κ3) is 2.56. The molecule has 2 rings (SSSR count). The number of sulfonamides is 1. The fraction of sp³-hybridized carbons (Fsp3) is 0.143. The summed E-state index contributed by atoms with van der Waals surface area (Å²) in [4.78, 5) is 0.193. The lowest BCUT2D eigenvalue weighted by Crippen LogP contribution is -2.27. The first kappa shape index (κ1) is 13.4. The molecule has 0 bridgehead atoms. The van der Waals surface area contributed by atoms with Crippen LogP contribution in [0.1, 0.15) is 5.56 Å². The van der Waals surface area contributed by atoms with E-state index in [-0.39, 0.29) is 4.90 Å². The Morgan fingerprint density at radius 3 is 2.37 bits per heavy atom. The van der Waals surface area contributed by atoms with Gasteiger partial charge in [0.05, 0.1) is 10.6 Å². The van der Waals surface area contributed by atoms with Crippen LogP contribution in [0.4, 0.5) is 11.4 Å². The highest BCUT2D eigenvalue weighted by molar-refractivity contribution is 7.92. The van der Waals surface area contributed by atoms with Gasteiger partial charge in [-0.25, -0.2) is 8.42 Å². The summed E-state index contributed by atoms with van der Waals surface area (Å²) in [6.45, 7) is 1.88. The van der Waals surface area contributed by atoms with Gasteiger partial charge in [0.15, 0.2) is 0 Å². The van der Waals surface area contributed by atoms with Crippen LogP contribution in [-0.4, -0.2) is 15.5 Å². The van der Waals surface area contributed by atoms with E-state index in [1.165, 1.54) is 10.4 Å². The monoisotopic (exact) mass is 276 g/mol. The molecule has 4 nitrogen and oxygen atoms in total. The van der Waals surface area contributed by atoms with Gasteiger partial charge >= 0.3 is 0 Å². The zero-order valence-electron chi connectivity index (χ0n) is 10.9. The third-order valence-electron chi connectivity index (χ3n) is 2.97. The van der Waals surface area contributed by atoms with Crippen LogP contribution in [0, 0.1) is 6.92 Å². The number of nitrogens with zero attached hydrogens (tertiary/aromatic N) is 1. The van der Waals surface area contributed by atoms with E-state index in [4.69, 9.17) is 5.73 Å². The first-order valence-electron chi connectivity index (χ1n) is 5.83. The van der Waals surface area contributed by atoms with E-state index in [1.54, 1.807) is 31.3 Å². The van der Waals surface area contributed by atoms with Crippen molar-refractivity contribution in [2.24, 2.45) is 0 Å². The summed E-state index contributed by atoms with van der Waals surface area (Å²) in [5.41, 5.74) is 7.63. The number of hydrogen-bond donors (Lipinski definition) is 1. The lowest BCUT2D eigenvalue weighted by atomic mass is 10.2. The van der Waals surface area contributed by atoms with Crippen molar-refractivity contribution >= 4 is 21.4 Å². The molecule has 5 heteroatoms. The normalized spacial score (nSPS) is 11.3. The Hall–Kier alpha value is -2.01. The molecule has 19 heavy (non-hydrogen) atoms. The van der Waals surface area contributed by atoms with Gasteiger partial charge in [0, 0.05) is 12.7 Å². The average Bonchev–Trinajstić information content (AvgIpc) is 2.38. The second kappa shape index (κ2) is 4.93. The van der Waals surface area contributed by atoms with Gasteiger partial charge in [-0.05, 0) is 36.8 Å². The summed E-state index contributed by atoms with van der Waals surface area (Å²) < 4.78 is 26.3. The molecule has 100 valence electrons. The standard InChI is InChI=1S/C14H16N2O2S/c1-11-6-3-4-9-14(11)16(2)19(17,18)13-8-5-7-12(15)10-13/h3-10H,15H2,1-2H3. The molecule has 0 unspecified atom stereocenters. The van der Waals surface area contributed by atoms with Crippen molar-refractivity contribution in [2.45, 2.75) is 11.8 Å². The van der Waals surface area contributed by atoms with Crippen LogP contribution in [0.2, 0.25) is 0 Å². The number of aryl methyl sites for hydroxylation is 1. The fourth-order valence-electron chi connectivity index (χ4n) is 1.88. The summed E-state index contributed by atoms with van der Waals surface area (Å²) in [6.07, 6.45) is 0. The highest BCUT2D eigenvalue weighted by atomic mass is 32.2. The molecule has 2 aromatic carbocycles. The first-order chi connectivity index (χ1) is 8.93. The summed E-state index contributed by atoms with van der Waals surface area (Å²) in [7, 11) is -2.04. The van der Waals surface area contributed by atoms with Crippen LogP contribution in [0.25, 0.3) is 0 Å². The smallest absolute Gasteiger partial charge is 0.264 e. The molecule has 0 heterocycles. The van der Waals surface area contributed by atoms with Gasteiger partial charge in [-0.1, -0.05) is 24.3 Å². The zero-order valence-corrected chi connectivity index (χ0v) is 11.7. The number of anilines is 2. The highest BCUT2D eigenvalue weighted by Crippen LogP contribution is 2.25. The number of para-hydroxylation sites is 1. The summed E-state index contributed by atoms with van der Waals surface area (Å²) >= 11 is 0. The lowest BCUT2D eigenvalue weighted by molar-refractivity contribution is 0.594. The predicted octanol–water partition coefficient (Wildman–Crippen LogP) is 2.40. The zero-order chi connectivity index (χ0) is 14.0. The van der Waals surface area contributed by atoms with Crippen molar-refractivity contribution in [1.82, 2.24) is 0 Å². The first-order valence-corrected chi connectivity index (χ1v) is 7.27. The van der Waals surface area contributed by atoms with Gasteiger partial charge in [0.25, 0.3) is 10.0 Å². The summed E-state index contributed by atoms with van der Waals surface area (Å²) in [5, 5.41) is 0. The van der Waals surface area contributed by atoms with Gasteiger partial charge in [-0.15, -0.1) is 0 Å². The number of nitrogens with two attached hydrogens (primary N) is 1. The Kier molecular flexibility index (Phi) is 3.48. The molecule has 0 atom stereocenters. The Labute approximate surface area is 113 Å². The maximum Gasteiger partial charge on any atom is 0.264 e. The van der Waals surface area contributed by atoms with Crippen molar-refractivity contribution in [2.75, 3.05) is 17.1 Å². The van der Waals surface area contributed by atoms with Crippen molar-refractivity contribution in [3.63, 3.8) is 0 Å². The predicted molar refractivity (Wildman–Crippen MR) is 77.6 cm³/mol. The Morgan fingerprint density at radius 1 is 1.05 bits per heavy atom. The van der Waals surface area contributed by atoms with E-state index >= 15 is 0 Å². The Morgan fingerprint density at radius 2 is 1.74 bits per heavy atom. The molecular formula is C14H16N2O2S. The highest BCUT2D eigenvalue weighted by Gasteiger charge is 2.22. The minimum absolute atomic E-state index is 0.193. The van der Waals surface area contributed by atoms with E-state index in [0.717, 1.165) is 5.56 Å². The third-order valence-corrected chi connectivity index (χ3v) is 4.74. The molecule has 0 saturated heterocycles. The van der Waals surface area contributed by atoms with Crippen molar-refractivity contribution in [1.29, 1.82) is 0 Å². The number of hydrogen-bond acceptors (Lipinski definition) is 3. The van der Waals surface area contributed by atoms with E-state index in [2.05, 4.69) is 0 Å². The van der Waals surface area contributed by atoms with Gasteiger partial charge < -0.3 is 5.73 Å². The van der Waals surface area contributed by atoms with Gasteiger partial charge in [-0.3, -0.25) is 4.31 Å². The van der Waals surface area contributed by atoms with Crippen molar-refractivity contribution in [3.05, 3.63) is 54.1 Å². The lowest BCUT2D eigenvalue weighted by Gasteiger charge is -2.21. The maximum absolute atomic E-state index is 12.5. The quantitative estimate of drug-likeness (QED) is 0.876. The molecule has 0 saturated carbocycles. The molecule has 0 aliphatic carbocycles. The van der Waals surface area contributed by atoms with Gasteiger partial charge in [0.2, 0.25) is 0 Å². The van der Waals surface area contributed by atoms with Crippen LogP contribution < -0.4 is 10.0 Å². The van der Waals surface area contributed by atoms with Crippen LogP contribution in [-0.2, 0) is 10.0 Å². The molecule has 0 aliphatic rings. The molecule has 0 aromatic heterocycles. The van der Waals surface area contributed by atoms with Crippen molar-refractivity contribution in [3.8, 4) is 0 Å². The second-order valence-electron chi connectivity index (χ2n) is 4.33. The Balaban J connectivity index is 2.49. The average molecular weight is 276 g/mol. The largest absolute Gasteiger partial charge is 0.399 e. The molecule has 2 aromatic rings. The minimum Gasteiger partial charge on any atom is -0.399 e. The van der Waals surface area contributed by atoms with E-state index in [1.807, 2.05) is 25.1 Å². The van der Waals surface area contributed by atoms with Crippen LogP contribution in [0.5, 0.6) is 0 Å². The van der Waals surface area contributed by atoms with Crippen LogP contribution in [0.15, 0.2) is 53.4 Å². The minimum atomic E-state index is -3.58. The van der Waals surface area contributed by atoms with E-state index in [9.17, 15) is 8.42 Å². The number of benzene rings is 2. The van der Waals surface area contributed by atoms with Gasteiger partial charge in [-0.2, -0.15) is 0 Å². The van der Waals surface area contributed by atoms with E-state index in [0.29, 0.717) is 11.4 Å². The second-order valence-corrected chi connectivity index (χ2v) is 6.30. The Bertz CT molecular complexity index is 696. The van der Waals surface area contributed by atoms with Gasteiger partial charge in [0.1, 0.15) is 0 Å². The van der Waals surface area contributed by atoms with Crippen LogP contribution in [0.3, 0.4) is 0 Å². The molecule has 0 aliphatic heterocycles. The molecule has 2 N–H and O–H groups in total. The molecule has 0 radical (unpaired) electrons. The fourth-order valence-corrected chi connectivity index (χ4v) is 3.19. The topological polar surface area (TPSA) is 63.4 Å². The van der Waals surface area contributed by atoms with E-state index < -0.39 is 10.0 Å². The SMILES string of the molecule is Cc1ccccc1N(C)S(=O)(=O)c1cccc(N)c1. The maximum atomic E-state index is 12.5. The summed E-state index contributed by atoms with van der Waals surface area (Å²) in [6, 6.07) is 13.6. The molecular weight excluding hydrogens is 260 g/mol. The molecule has 0 amide bonds. The number of rotatable bonds is 3. The molecule has 0 spiro atoms. The number of nitrogen functional groups attached to an aromatic ring is 1. The van der Waals surface area contributed by atoms with Crippen molar-refractivity contribution < 1.29 is 8.42 Å². The summed E-state index contributed by atoms with van der Waals surface area (Å²) in [5.74, 6) is 0. The molecule has 0 fully saturated rings. The van der Waals surface area contributed by atoms with Crippen LogP contribution >= 0.6 is 0 Å².